The molecule has 8 atom stereocenters. The summed E-state index contributed by atoms with van der Waals surface area (Å²) in [6.07, 6.45) is 1.70. The van der Waals surface area contributed by atoms with Crippen LogP contribution in [0.1, 0.15) is 40.5 Å². The number of aliphatic hydroxyl groups is 1. The van der Waals surface area contributed by atoms with Gasteiger partial charge >= 0.3 is 0 Å². The average molecular weight is 390 g/mol. The summed E-state index contributed by atoms with van der Waals surface area (Å²) >= 11 is 0. The van der Waals surface area contributed by atoms with Crippen molar-refractivity contribution in [1.29, 1.82) is 0 Å². The lowest BCUT2D eigenvalue weighted by atomic mass is 9.40. The Morgan fingerprint density at radius 2 is 1.86 bits per heavy atom. The average Bonchev–Trinajstić information content (AvgIpc) is 2.63. The number of carbonyl (C=O) groups is 2. The number of hydrogen-bond donors (Lipinski definition) is 1. The largest absolute Gasteiger partial charge is 0.493 e. The second kappa shape index (κ2) is 6.17. The molecule has 1 aliphatic heterocycles. The first kappa shape index (κ1) is 19.6. The van der Waals surface area contributed by atoms with Gasteiger partial charge in [0.1, 0.15) is 0 Å². The molecule has 0 spiro atoms. The van der Waals surface area contributed by atoms with E-state index in [0.717, 1.165) is 5.57 Å². The fraction of sp³-hybridized carbons (Fsp3) is 0.727. The molecule has 2 fully saturated rings. The van der Waals surface area contributed by atoms with E-state index < -0.39 is 23.0 Å². The Morgan fingerprint density at radius 1 is 1.18 bits per heavy atom. The van der Waals surface area contributed by atoms with Crippen LogP contribution in [-0.2, 0) is 23.8 Å². The monoisotopic (exact) mass is 390 g/mol. The third-order valence-corrected chi connectivity index (χ3v) is 8.22. The number of ether oxygens (including phenoxy) is 3. The molecule has 0 aromatic heterocycles. The number of fused-ring (bicyclic) bond motifs is 2. The molecule has 0 aromatic carbocycles. The molecule has 154 valence electrons. The van der Waals surface area contributed by atoms with E-state index in [0.29, 0.717) is 24.4 Å². The van der Waals surface area contributed by atoms with Crippen molar-refractivity contribution in [2.45, 2.75) is 52.9 Å². The van der Waals surface area contributed by atoms with Gasteiger partial charge < -0.3 is 19.3 Å². The molecule has 1 saturated carbocycles. The number of methoxy groups -OCH3 is 2. The molecule has 4 rings (SSSR count). The molecular formula is C22H30O6. The Hall–Kier alpha value is -1.66. The minimum absolute atomic E-state index is 0.0501. The highest BCUT2D eigenvalue weighted by atomic mass is 16.6. The normalized spacial score (nSPS) is 47.9. The topological polar surface area (TPSA) is 82.1 Å². The van der Waals surface area contributed by atoms with Crippen molar-refractivity contribution >= 4 is 11.6 Å². The number of allylic oxidation sites excluding steroid dienone is 4. The Bertz CT molecular complexity index is 797. The highest BCUT2D eigenvalue weighted by Gasteiger charge is 2.71. The van der Waals surface area contributed by atoms with Gasteiger partial charge in [0, 0.05) is 23.2 Å². The first-order valence-corrected chi connectivity index (χ1v) is 10.0. The molecule has 1 N–H and O–H groups in total. The molecule has 6 nitrogen and oxygen atoms in total. The second-order valence-corrected chi connectivity index (χ2v) is 9.30. The van der Waals surface area contributed by atoms with Crippen LogP contribution in [0.2, 0.25) is 0 Å². The predicted octanol–water partition coefficient (Wildman–Crippen LogP) is 2.61. The number of ketones is 2. The first-order chi connectivity index (χ1) is 13.1. The second-order valence-electron chi connectivity index (χ2n) is 9.30. The van der Waals surface area contributed by atoms with Gasteiger partial charge in [-0.1, -0.05) is 20.8 Å². The van der Waals surface area contributed by atoms with Crippen LogP contribution in [0.15, 0.2) is 23.2 Å². The van der Waals surface area contributed by atoms with Gasteiger partial charge in [0.25, 0.3) is 0 Å². The van der Waals surface area contributed by atoms with Crippen LogP contribution in [0.4, 0.5) is 0 Å². The van der Waals surface area contributed by atoms with Crippen molar-refractivity contribution in [3.8, 4) is 0 Å². The quantitative estimate of drug-likeness (QED) is 0.781. The van der Waals surface area contributed by atoms with E-state index in [1.54, 1.807) is 0 Å². The number of Topliss-reactive ketones (excluding diaryl/α,β-unsaturated/α-hetero) is 2. The van der Waals surface area contributed by atoms with Crippen molar-refractivity contribution in [2.75, 3.05) is 14.2 Å². The minimum Gasteiger partial charge on any atom is -0.493 e. The Labute approximate surface area is 165 Å². The third kappa shape index (κ3) is 2.16. The molecule has 28 heavy (non-hydrogen) atoms. The lowest BCUT2D eigenvalue weighted by molar-refractivity contribution is -0.272. The predicted molar refractivity (Wildman–Crippen MR) is 101 cm³/mol. The van der Waals surface area contributed by atoms with Crippen molar-refractivity contribution in [3.05, 3.63) is 23.2 Å². The van der Waals surface area contributed by atoms with E-state index in [2.05, 4.69) is 13.8 Å². The lowest BCUT2D eigenvalue weighted by Crippen LogP contribution is -2.69. The van der Waals surface area contributed by atoms with Gasteiger partial charge in [-0.2, -0.15) is 0 Å². The number of rotatable bonds is 2. The molecule has 0 radical (unpaired) electrons. The van der Waals surface area contributed by atoms with Crippen LogP contribution < -0.4 is 0 Å². The number of carbonyl (C=O) groups excluding carboxylic acids is 2. The van der Waals surface area contributed by atoms with Crippen molar-refractivity contribution in [1.82, 2.24) is 0 Å². The van der Waals surface area contributed by atoms with E-state index >= 15 is 0 Å². The summed E-state index contributed by atoms with van der Waals surface area (Å²) in [4.78, 5) is 27.3. The zero-order valence-corrected chi connectivity index (χ0v) is 17.4. The van der Waals surface area contributed by atoms with Crippen molar-refractivity contribution in [3.63, 3.8) is 0 Å². The molecule has 4 aliphatic rings. The van der Waals surface area contributed by atoms with Gasteiger partial charge in [-0.25, -0.2) is 0 Å². The molecule has 6 heteroatoms. The Balaban J connectivity index is 1.97. The highest BCUT2D eigenvalue weighted by molar-refractivity contribution is 6.07. The van der Waals surface area contributed by atoms with Crippen LogP contribution in [0.25, 0.3) is 0 Å². The van der Waals surface area contributed by atoms with Gasteiger partial charge in [0.15, 0.2) is 17.8 Å². The van der Waals surface area contributed by atoms with E-state index in [1.807, 2.05) is 19.9 Å². The maximum atomic E-state index is 13.7. The molecule has 1 heterocycles. The van der Waals surface area contributed by atoms with Crippen LogP contribution in [0.3, 0.4) is 0 Å². The summed E-state index contributed by atoms with van der Waals surface area (Å²) < 4.78 is 16.9. The summed E-state index contributed by atoms with van der Waals surface area (Å²) in [5.74, 6) is -0.284. The first-order valence-electron chi connectivity index (χ1n) is 10.0. The third-order valence-electron chi connectivity index (χ3n) is 8.22. The molecule has 0 aromatic rings. The minimum atomic E-state index is -0.907. The van der Waals surface area contributed by atoms with E-state index in [1.165, 1.54) is 14.2 Å². The Kier molecular flexibility index (Phi) is 4.33. The summed E-state index contributed by atoms with van der Waals surface area (Å²) in [7, 11) is 3.00. The number of hydrogen-bond acceptors (Lipinski definition) is 6. The maximum Gasteiger partial charge on any atom is 0.203 e. The molecular weight excluding hydrogens is 360 g/mol. The van der Waals surface area contributed by atoms with Gasteiger partial charge in [-0.15, -0.1) is 0 Å². The SMILES string of the molecule is COC1=CC(C)C2CC3OC(O)CC4C(C)=C(OC)C(=O)C(C2(C)C1=O)C34C. The molecule has 0 amide bonds. The molecule has 3 aliphatic carbocycles. The van der Waals surface area contributed by atoms with Crippen molar-refractivity contribution < 1.29 is 28.9 Å². The zero-order valence-electron chi connectivity index (χ0n) is 17.4. The fourth-order valence-corrected chi connectivity index (χ4v) is 6.96. The van der Waals surface area contributed by atoms with Crippen LogP contribution in [-0.4, -0.2) is 43.3 Å². The van der Waals surface area contributed by atoms with Crippen LogP contribution in [0, 0.1) is 34.5 Å². The summed E-state index contributed by atoms with van der Waals surface area (Å²) in [5, 5.41) is 10.4. The molecule has 0 bridgehead atoms. The maximum absolute atomic E-state index is 13.7. The standard InChI is InChI=1S/C22H30O6/c1-10-7-14(26-5)20(25)22(4)12(10)8-15-21(3)13(9-16(23)28-15)11(2)18(27-6)17(24)19(21)22/h7,10,12-13,15-16,19,23H,8-9H2,1-6H3. The van der Waals surface area contributed by atoms with Gasteiger partial charge in [-0.05, 0) is 42.7 Å². The van der Waals surface area contributed by atoms with E-state index in [9.17, 15) is 14.7 Å². The van der Waals surface area contributed by atoms with Gasteiger partial charge in [0.05, 0.1) is 20.3 Å². The Morgan fingerprint density at radius 3 is 2.46 bits per heavy atom. The van der Waals surface area contributed by atoms with E-state index in [-0.39, 0.29) is 35.4 Å². The lowest BCUT2D eigenvalue weighted by Gasteiger charge is -2.65. The van der Waals surface area contributed by atoms with Crippen LogP contribution >= 0.6 is 0 Å². The summed E-state index contributed by atoms with van der Waals surface area (Å²) in [6.45, 7) is 7.93. The summed E-state index contributed by atoms with van der Waals surface area (Å²) in [6, 6.07) is 0. The van der Waals surface area contributed by atoms with Gasteiger partial charge in [-0.3, -0.25) is 9.59 Å². The van der Waals surface area contributed by atoms with Crippen LogP contribution in [0.5, 0.6) is 0 Å². The summed E-state index contributed by atoms with van der Waals surface area (Å²) in [5.41, 5.74) is -0.644. The number of aliphatic hydroxyl groups excluding tert-OH is 1. The fourth-order valence-electron chi connectivity index (χ4n) is 6.96. The van der Waals surface area contributed by atoms with E-state index in [4.69, 9.17) is 14.2 Å². The van der Waals surface area contributed by atoms with Gasteiger partial charge in [0.2, 0.25) is 11.6 Å². The highest BCUT2D eigenvalue weighted by Crippen LogP contribution is 2.67. The smallest absolute Gasteiger partial charge is 0.203 e. The van der Waals surface area contributed by atoms with Crippen molar-refractivity contribution in [2.24, 2.45) is 34.5 Å². The molecule has 1 saturated heterocycles. The molecule has 8 unspecified atom stereocenters. The zero-order chi connectivity index (χ0) is 20.6.